The number of sulfonamides is 1. The van der Waals surface area contributed by atoms with Crippen LogP contribution in [0.3, 0.4) is 0 Å². The van der Waals surface area contributed by atoms with Crippen molar-refractivity contribution in [1.82, 2.24) is 14.1 Å². The van der Waals surface area contributed by atoms with Gasteiger partial charge in [-0.2, -0.15) is 9.40 Å². The minimum atomic E-state index is -3.55. The first-order chi connectivity index (χ1) is 14.2. The van der Waals surface area contributed by atoms with Crippen molar-refractivity contribution in [2.75, 3.05) is 18.4 Å². The maximum Gasteiger partial charge on any atom is 0.276 e. The van der Waals surface area contributed by atoms with Gasteiger partial charge in [-0.05, 0) is 70.7 Å². The number of rotatable bonds is 5. The predicted octanol–water partition coefficient (Wildman–Crippen LogP) is 3.94. The number of amides is 1. The molecule has 2 aromatic rings. The molecule has 8 heteroatoms. The van der Waals surface area contributed by atoms with Crippen molar-refractivity contribution in [3.05, 3.63) is 41.7 Å². The summed E-state index contributed by atoms with van der Waals surface area (Å²) in [4.78, 5) is 13.1. The molecule has 30 heavy (non-hydrogen) atoms. The van der Waals surface area contributed by atoms with Gasteiger partial charge in [-0.1, -0.05) is 12.5 Å². The molecule has 2 fully saturated rings. The van der Waals surface area contributed by atoms with Crippen LogP contribution < -0.4 is 5.32 Å². The van der Waals surface area contributed by atoms with Gasteiger partial charge in [-0.15, -0.1) is 0 Å². The molecule has 1 aliphatic carbocycles. The molecule has 0 bridgehead atoms. The summed E-state index contributed by atoms with van der Waals surface area (Å²) in [7, 11) is -3.55. The first kappa shape index (κ1) is 21.1. The largest absolute Gasteiger partial charge is 0.321 e. The molecule has 0 atom stereocenters. The second-order valence-electron chi connectivity index (χ2n) is 9.26. The van der Waals surface area contributed by atoms with Crippen molar-refractivity contribution >= 4 is 21.6 Å². The molecule has 0 spiro atoms. The number of nitrogens with one attached hydrogen (secondary N) is 1. The van der Waals surface area contributed by atoms with Gasteiger partial charge in [0.2, 0.25) is 10.0 Å². The Balaban J connectivity index is 1.55. The normalized spacial score (nSPS) is 18.4. The Labute approximate surface area is 178 Å². The van der Waals surface area contributed by atoms with E-state index in [2.05, 4.69) is 31.2 Å². The van der Waals surface area contributed by atoms with Crippen LogP contribution in [0.2, 0.25) is 0 Å². The smallest absolute Gasteiger partial charge is 0.276 e. The predicted molar refractivity (Wildman–Crippen MR) is 116 cm³/mol. The Morgan fingerprint density at radius 1 is 1.10 bits per heavy atom. The van der Waals surface area contributed by atoms with Gasteiger partial charge < -0.3 is 5.32 Å². The lowest BCUT2D eigenvalue weighted by Gasteiger charge is -2.26. The zero-order chi connectivity index (χ0) is 21.5. The van der Waals surface area contributed by atoms with Crippen LogP contribution >= 0.6 is 0 Å². The van der Waals surface area contributed by atoms with Gasteiger partial charge in [-0.25, -0.2) is 8.42 Å². The minimum absolute atomic E-state index is 0.209. The van der Waals surface area contributed by atoms with Gasteiger partial charge in [0.25, 0.3) is 5.91 Å². The molecule has 1 saturated carbocycles. The fraction of sp³-hybridized carbons (Fsp3) is 0.545. The number of hydrogen-bond donors (Lipinski definition) is 1. The number of anilines is 1. The standard InChI is InChI=1S/C22H30N4O3S/c1-22(2,3)26-20(16-10-11-16)15-19(24-26)21(27)23-17-8-7-9-18(14-17)30(28,29)25-12-5-4-6-13-25/h7-9,14-16H,4-6,10-13H2,1-3H3,(H,23,27). The summed E-state index contributed by atoms with van der Waals surface area (Å²) in [5, 5.41) is 7.39. The number of hydrogen-bond acceptors (Lipinski definition) is 4. The van der Waals surface area contributed by atoms with Crippen molar-refractivity contribution in [3.63, 3.8) is 0 Å². The molecule has 2 aliphatic rings. The van der Waals surface area contributed by atoms with Gasteiger partial charge in [0.05, 0.1) is 10.4 Å². The van der Waals surface area contributed by atoms with Crippen LogP contribution in [0.15, 0.2) is 35.2 Å². The lowest BCUT2D eigenvalue weighted by molar-refractivity contribution is 0.102. The SMILES string of the molecule is CC(C)(C)n1nc(C(=O)Nc2cccc(S(=O)(=O)N3CCCCC3)c2)cc1C1CC1. The average molecular weight is 431 g/mol. The van der Waals surface area contributed by atoms with Gasteiger partial charge in [0, 0.05) is 30.4 Å². The maximum atomic E-state index is 12.9. The van der Waals surface area contributed by atoms with E-state index in [-0.39, 0.29) is 16.3 Å². The fourth-order valence-corrected chi connectivity index (χ4v) is 5.46. The molecule has 1 saturated heterocycles. The lowest BCUT2D eigenvalue weighted by atomic mass is 10.1. The van der Waals surface area contributed by atoms with Crippen molar-refractivity contribution in [2.24, 2.45) is 0 Å². The van der Waals surface area contributed by atoms with E-state index in [1.165, 1.54) is 10.4 Å². The highest BCUT2D eigenvalue weighted by Gasteiger charge is 2.32. The first-order valence-corrected chi connectivity index (χ1v) is 12.1. The van der Waals surface area contributed by atoms with Crippen LogP contribution in [0.4, 0.5) is 5.69 Å². The number of benzene rings is 1. The molecule has 2 heterocycles. The molecule has 1 aliphatic heterocycles. The summed E-state index contributed by atoms with van der Waals surface area (Å²) in [6.07, 6.45) is 5.08. The van der Waals surface area contributed by atoms with E-state index in [1.807, 2.05) is 10.7 Å². The van der Waals surface area contributed by atoms with E-state index in [0.717, 1.165) is 37.8 Å². The van der Waals surface area contributed by atoms with Crippen molar-refractivity contribution in [1.29, 1.82) is 0 Å². The van der Waals surface area contributed by atoms with Gasteiger partial charge in [0.15, 0.2) is 5.69 Å². The minimum Gasteiger partial charge on any atom is -0.321 e. The van der Waals surface area contributed by atoms with Crippen LogP contribution in [0.1, 0.15) is 75.0 Å². The summed E-state index contributed by atoms with van der Waals surface area (Å²) in [6, 6.07) is 8.35. The molecular weight excluding hydrogens is 400 g/mol. The van der Waals surface area contributed by atoms with Crippen molar-refractivity contribution in [3.8, 4) is 0 Å². The molecule has 4 rings (SSSR count). The third-order valence-corrected chi connectivity index (χ3v) is 7.54. The second kappa shape index (κ2) is 7.81. The highest BCUT2D eigenvalue weighted by atomic mass is 32.2. The van der Waals surface area contributed by atoms with Crippen molar-refractivity contribution < 1.29 is 13.2 Å². The van der Waals surface area contributed by atoms with Crippen LogP contribution in [0.5, 0.6) is 0 Å². The van der Waals surface area contributed by atoms with Crippen molar-refractivity contribution in [2.45, 2.75) is 69.2 Å². The maximum absolute atomic E-state index is 12.9. The molecule has 0 radical (unpaired) electrons. The molecule has 7 nitrogen and oxygen atoms in total. The Morgan fingerprint density at radius 3 is 2.43 bits per heavy atom. The number of carbonyl (C=O) groups excluding carboxylic acids is 1. The van der Waals surface area contributed by atoms with Crippen LogP contribution in [0, 0.1) is 0 Å². The van der Waals surface area contributed by atoms with E-state index in [4.69, 9.17) is 0 Å². The zero-order valence-corrected chi connectivity index (χ0v) is 18.7. The van der Waals surface area contributed by atoms with Gasteiger partial charge in [-0.3, -0.25) is 9.48 Å². The highest BCUT2D eigenvalue weighted by molar-refractivity contribution is 7.89. The Kier molecular flexibility index (Phi) is 5.48. The number of nitrogens with zero attached hydrogens (tertiary/aromatic N) is 3. The number of carbonyl (C=O) groups is 1. The third-order valence-electron chi connectivity index (χ3n) is 5.65. The Morgan fingerprint density at radius 2 is 1.80 bits per heavy atom. The van der Waals surface area contributed by atoms with Gasteiger partial charge in [0.1, 0.15) is 0 Å². The summed E-state index contributed by atoms with van der Waals surface area (Å²) in [5.74, 6) is 0.142. The summed E-state index contributed by atoms with van der Waals surface area (Å²) in [6.45, 7) is 7.31. The molecule has 1 aromatic heterocycles. The second-order valence-corrected chi connectivity index (χ2v) is 11.2. The molecule has 1 amide bonds. The van der Waals surface area contributed by atoms with Gasteiger partial charge >= 0.3 is 0 Å². The van der Waals surface area contributed by atoms with Crippen LogP contribution in [-0.2, 0) is 15.6 Å². The van der Waals surface area contributed by atoms with E-state index in [0.29, 0.717) is 30.4 Å². The summed E-state index contributed by atoms with van der Waals surface area (Å²) >= 11 is 0. The third kappa shape index (κ3) is 4.30. The topological polar surface area (TPSA) is 84.3 Å². The quantitative estimate of drug-likeness (QED) is 0.779. The molecule has 1 aromatic carbocycles. The average Bonchev–Trinajstić information content (AvgIpc) is 3.45. The monoisotopic (exact) mass is 430 g/mol. The lowest BCUT2D eigenvalue weighted by Crippen LogP contribution is -2.35. The zero-order valence-electron chi connectivity index (χ0n) is 17.9. The highest BCUT2D eigenvalue weighted by Crippen LogP contribution is 2.41. The van der Waals surface area contributed by atoms with E-state index < -0.39 is 10.0 Å². The van der Waals surface area contributed by atoms with E-state index in [1.54, 1.807) is 18.2 Å². The molecule has 0 unspecified atom stereocenters. The number of aromatic nitrogens is 2. The Bertz CT molecular complexity index is 1040. The Hall–Kier alpha value is -2.19. The molecule has 162 valence electrons. The molecular formula is C22H30N4O3S. The van der Waals surface area contributed by atoms with Crippen LogP contribution in [-0.4, -0.2) is 41.5 Å². The number of piperidine rings is 1. The first-order valence-electron chi connectivity index (χ1n) is 10.7. The summed E-state index contributed by atoms with van der Waals surface area (Å²) < 4.78 is 29.3. The molecule has 1 N–H and O–H groups in total. The summed E-state index contributed by atoms with van der Waals surface area (Å²) in [5.41, 5.74) is 1.69. The van der Waals surface area contributed by atoms with E-state index in [9.17, 15) is 13.2 Å². The van der Waals surface area contributed by atoms with E-state index >= 15 is 0 Å². The van der Waals surface area contributed by atoms with Crippen LogP contribution in [0.25, 0.3) is 0 Å². The fourth-order valence-electron chi connectivity index (χ4n) is 3.90.